The summed E-state index contributed by atoms with van der Waals surface area (Å²) in [6.45, 7) is 6.29. The van der Waals surface area contributed by atoms with Gasteiger partial charge in [0, 0.05) is 0 Å². The molecule has 0 aromatic carbocycles. The van der Waals surface area contributed by atoms with Gasteiger partial charge >= 0.3 is 0 Å². The number of rotatable bonds is 4. The van der Waals surface area contributed by atoms with E-state index in [1.54, 1.807) is 0 Å². The molecule has 0 N–H and O–H groups in total. The van der Waals surface area contributed by atoms with Crippen LogP contribution in [0.5, 0.6) is 0 Å². The molecule has 12 heavy (non-hydrogen) atoms. The van der Waals surface area contributed by atoms with Gasteiger partial charge in [-0.15, -0.1) is 0 Å². The van der Waals surface area contributed by atoms with Crippen molar-refractivity contribution >= 4 is 0 Å². The maximum absolute atomic E-state index is 8.32. The van der Waals surface area contributed by atoms with Crippen molar-refractivity contribution in [1.82, 2.24) is 0 Å². The van der Waals surface area contributed by atoms with Crippen LogP contribution in [0.4, 0.5) is 0 Å². The topological polar surface area (TPSA) is 23.8 Å². The molecule has 0 aliphatic heterocycles. The van der Waals surface area contributed by atoms with Gasteiger partial charge in [0.25, 0.3) is 0 Å². The van der Waals surface area contributed by atoms with Crippen molar-refractivity contribution in [2.75, 3.05) is 0 Å². The summed E-state index contributed by atoms with van der Waals surface area (Å²) >= 11 is 0. The van der Waals surface area contributed by atoms with Gasteiger partial charge < -0.3 is 0 Å². The Morgan fingerprint density at radius 3 is 2.42 bits per heavy atom. The van der Waals surface area contributed by atoms with Gasteiger partial charge in [0.1, 0.15) is 0 Å². The highest BCUT2D eigenvalue weighted by molar-refractivity contribution is 5.04. The van der Waals surface area contributed by atoms with Gasteiger partial charge in [-0.3, -0.25) is 0 Å². The standard InChI is InChI=1S/C11H17N/c1-10(2)6-4-7-11(3)8-5-9-12/h6,8H,4-5,7H2,1-3H3. The minimum absolute atomic E-state index is 0.542. The van der Waals surface area contributed by atoms with Crippen LogP contribution in [0, 0.1) is 11.3 Å². The fraction of sp³-hybridized carbons (Fsp3) is 0.545. The fourth-order valence-corrected chi connectivity index (χ4v) is 0.910. The summed E-state index contributed by atoms with van der Waals surface area (Å²) in [5.74, 6) is 0. The molecule has 0 aromatic heterocycles. The van der Waals surface area contributed by atoms with Crippen molar-refractivity contribution in [3.05, 3.63) is 23.3 Å². The maximum atomic E-state index is 8.32. The quantitative estimate of drug-likeness (QED) is 0.581. The average molecular weight is 163 g/mol. The summed E-state index contributed by atoms with van der Waals surface area (Å²) in [5, 5.41) is 8.32. The number of hydrogen-bond donors (Lipinski definition) is 0. The largest absolute Gasteiger partial charge is 0.198 e. The molecule has 0 unspecified atom stereocenters. The Labute approximate surface area is 75.4 Å². The van der Waals surface area contributed by atoms with Crippen molar-refractivity contribution in [2.45, 2.75) is 40.0 Å². The molecular weight excluding hydrogens is 146 g/mol. The lowest BCUT2D eigenvalue weighted by Crippen LogP contribution is -1.76. The van der Waals surface area contributed by atoms with Crippen LogP contribution >= 0.6 is 0 Å². The lowest BCUT2D eigenvalue weighted by Gasteiger charge is -1.96. The number of nitriles is 1. The minimum atomic E-state index is 0.542. The lowest BCUT2D eigenvalue weighted by atomic mass is 10.1. The third-order valence-corrected chi connectivity index (χ3v) is 1.63. The molecule has 1 nitrogen and oxygen atoms in total. The van der Waals surface area contributed by atoms with E-state index in [9.17, 15) is 0 Å². The van der Waals surface area contributed by atoms with E-state index in [1.807, 2.05) is 6.08 Å². The second-order valence-corrected chi connectivity index (χ2v) is 3.23. The van der Waals surface area contributed by atoms with Gasteiger partial charge in [-0.1, -0.05) is 23.3 Å². The molecule has 0 spiro atoms. The second kappa shape index (κ2) is 6.67. The van der Waals surface area contributed by atoms with E-state index in [-0.39, 0.29) is 0 Å². The van der Waals surface area contributed by atoms with E-state index in [0.29, 0.717) is 6.42 Å². The minimum Gasteiger partial charge on any atom is -0.198 e. The molecule has 0 bridgehead atoms. The Kier molecular flexibility index (Phi) is 6.09. The lowest BCUT2D eigenvalue weighted by molar-refractivity contribution is 0.959. The molecule has 66 valence electrons. The average Bonchev–Trinajstić information content (AvgIpc) is 2.00. The predicted octanol–water partition coefficient (Wildman–Crippen LogP) is 3.59. The van der Waals surface area contributed by atoms with Crippen molar-refractivity contribution in [1.29, 1.82) is 5.26 Å². The Morgan fingerprint density at radius 1 is 1.25 bits per heavy atom. The molecule has 0 heterocycles. The first kappa shape index (κ1) is 11.0. The van der Waals surface area contributed by atoms with Crippen molar-refractivity contribution < 1.29 is 0 Å². The van der Waals surface area contributed by atoms with Crippen LogP contribution < -0.4 is 0 Å². The van der Waals surface area contributed by atoms with Crippen molar-refractivity contribution in [3.63, 3.8) is 0 Å². The van der Waals surface area contributed by atoms with Gasteiger partial charge in [-0.25, -0.2) is 0 Å². The molecular formula is C11H17N. The number of hydrogen-bond acceptors (Lipinski definition) is 1. The zero-order valence-corrected chi connectivity index (χ0v) is 8.22. The second-order valence-electron chi connectivity index (χ2n) is 3.23. The van der Waals surface area contributed by atoms with E-state index in [0.717, 1.165) is 12.8 Å². The van der Waals surface area contributed by atoms with Crippen molar-refractivity contribution in [2.24, 2.45) is 0 Å². The smallest absolute Gasteiger partial charge is 0.0663 e. The van der Waals surface area contributed by atoms with Gasteiger partial charge in [-0.2, -0.15) is 5.26 Å². The molecule has 0 rings (SSSR count). The van der Waals surface area contributed by atoms with E-state index < -0.39 is 0 Å². The van der Waals surface area contributed by atoms with Crippen LogP contribution in [0.25, 0.3) is 0 Å². The van der Waals surface area contributed by atoms with Crippen LogP contribution in [-0.4, -0.2) is 0 Å². The zero-order chi connectivity index (χ0) is 9.40. The van der Waals surface area contributed by atoms with Gasteiger partial charge in [0.05, 0.1) is 12.5 Å². The van der Waals surface area contributed by atoms with Gasteiger partial charge in [-0.05, 0) is 33.6 Å². The summed E-state index contributed by atoms with van der Waals surface area (Å²) in [5.41, 5.74) is 2.68. The zero-order valence-electron chi connectivity index (χ0n) is 8.22. The van der Waals surface area contributed by atoms with Crippen LogP contribution in [0.1, 0.15) is 40.0 Å². The molecule has 0 radical (unpaired) electrons. The SMILES string of the molecule is CC(C)=CCCC(C)=CCC#N. The normalized spacial score (nSPS) is 10.7. The number of nitrogens with zero attached hydrogens (tertiary/aromatic N) is 1. The fourth-order valence-electron chi connectivity index (χ4n) is 0.910. The molecule has 0 saturated carbocycles. The van der Waals surface area contributed by atoms with Crippen LogP contribution in [0.3, 0.4) is 0 Å². The maximum Gasteiger partial charge on any atom is 0.0663 e. The highest BCUT2D eigenvalue weighted by atomic mass is 14.2. The summed E-state index contributed by atoms with van der Waals surface area (Å²) < 4.78 is 0. The Balaban J connectivity index is 3.65. The Bertz CT molecular complexity index is 212. The monoisotopic (exact) mass is 163 g/mol. The highest BCUT2D eigenvalue weighted by Gasteiger charge is 1.87. The Hall–Kier alpha value is -1.03. The summed E-state index contributed by atoms with van der Waals surface area (Å²) in [4.78, 5) is 0. The molecule has 0 amide bonds. The third-order valence-electron chi connectivity index (χ3n) is 1.63. The van der Waals surface area contributed by atoms with E-state index in [1.165, 1.54) is 11.1 Å². The van der Waals surface area contributed by atoms with Crippen LogP contribution in [-0.2, 0) is 0 Å². The molecule has 0 aliphatic rings. The Morgan fingerprint density at radius 2 is 1.92 bits per heavy atom. The summed E-state index contributed by atoms with van der Waals surface area (Å²) in [6.07, 6.45) is 6.94. The summed E-state index contributed by atoms with van der Waals surface area (Å²) in [6, 6.07) is 2.11. The van der Waals surface area contributed by atoms with Gasteiger partial charge in [0.2, 0.25) is 0 Å². The summed E-state index contributed by atoms with van der Waals surface area (Å²) in [7, 11) is 0. The van der Waals surface area contributed by atoms with Gasteiger partial charge in [0.15, 0.2) is 0 Å². The predicted molar refractivity (Wildman–Crippen MR) is 52.7 cm³/mol. The molecule has 0 saturated heterocycles. The first-order valence-corrected chi connectivity index (χ1v) is 4.32. The van der Waals surface area contributed by atoms with E-state index in [2.05, 4.69) is 32.9 Å². The van der Waals surface area contributed by atoms with Crippen LogP contribution in [0.2, 0.25) is 0 Å². The molecule has 1 heteroatoms. The van der Waals surface area contributed by atoms with Crippen molar-refractivity contribution in [3.8, 4) is 6.07 Å². The number of allylic oxidation sites excluding steroid dienone is 4. The molecule has 0 aromatic rings. The third kappa shape index (κ3) is 7.08. The van der Waals surface area contributed by atoms with E-state index >= 15 is 0 Å². The highest BCUT2D eigenvalue weighted by Crippen LogP contribution is 2.06. The first-order valence-electron chi connectivity index (χ1n) is 4.32. The molecule has 0 fully saturated rings. The van der Waals surface area contributed by atoms with Crippen LogP contribution in [0.15, 0.2) is 23.3 Å². The molecule has 0 aliphatic carbocycles. The molecule has 0 atom stereocenters. The van der Waals surface area contributed by atoms with E-state index in [4.69, 9.17) is 5.26 Å². The first-order chi connectivity index (χ1) is 5.66.